The predicted octanol–water partition coefficient (Wildman–Crippen LogP) is 11.5. The molecule has 10 aromatic rings. The fourth-order valence-electron chi connectivity index (χ4n) is 7.11. The second-order valence-electron chi connectivity index (χ2n) is 12.0. The number of nitrogens with zero attached hydrogens (tertiary/aromatic N) is 4. The lowest BCUT2D eigenvalue weighted by Crippen LogP contribution is -2.03. The zero-order valence-corrected chi connectivity index (χ0v) is 26.5. The molecule has 0 bridgehead atoms. The average Bonchev–Trinajstić information content (AvgIpc) is 3.71. The van der Waals surface area contributed by atoms with E-state index in [1.165, 1.54) is 41.7 Å². The zero-order valence-electron chi connectivity index (χ0n) is 25.7. The van der Waals surface area contributed by atoms with Gasteiger partial charge in [0.05, 0.1) is 16.7 Å². The minimum Gasteiger partial charge on any atom is -0.308 e. The van der Waals surface area contributed by atoms with Gasteiger partial charge in [0.2, 0.25) is 0 Å². The molecular weight excluding hydrogens is 605 g/mol. The molecule has 3 heterocycles. The molecular formula is C43H26N4S. The van der Waals surface area contributed by atoms with Crippen LogP contribution in [0, 0.1) is 0 Å². The maximum Gasteiger partial charge on any atom is 0.166 e. The predicted molar refractivity (Wildman–Crippen MR) is 201 cm³/mol. The van der Waals surface area contributed by atoms with Crippen molar-refractivity contribution in [3.63, 3.8) is 0 Å². The summed E-state index contributed by atoms with van der Waals surface area (Å²) in [5.74, 6) is 1.95. The molecule has 0 radical (unpaired) electrons. The summed E-state index contributed by atoms with van der Waals surface area (Å²) < 4.78 is 4.80. The number of rotatable bonds is 4. The molecule has 0 atom stereocenters. The minimum atomic E-state index is 0.638. The van der Waals surface area contributed by atoms with E-state index in [9.17, 15) is 0 Å². The van der Waals surface area contributed by atoms with Gasteiger partial charge in [-0.15, -0.1) is 11.3 Å². The van der Waals surface area contributed by atoms with E-state index in [0.717, 1.165) is 33.4 Å². The van der Waals surface area contributed by atoms with Gasteiger partial charge in [0, 0.05) is 47.6 Å². The normalized spacial score (nSPS) is 11.8. The first-order valence-electron chi connectivity index (χ1n) is 16.0. The summed E-state index contributed by atoms with van der Waals surface area (Å²) in [5.41, 5.74) is 6.22. The van der Waals surface area contributed by atoms with E-state index in [4.69, 9.17) is 15.0 Å². The van der Waals surface area contributed by atoms with Crippen LogP contribution in [0.3, 0.4) is 0 Å². The van der Waals surface area contributed by atoms with E-state index < -0.39 is 0 Å². The van der Waals surface area contributed by atoms with Gasteiger partial charge < -0.3 is 4.57 Å². The maximum atomic E-state index is 5.27. The van der Waals surface area contributed by atoms with Crippen molar-refractivity contribution in [3.8, 4) is 39.9 Å². The molecule has 0 aliphatic rings. The molecule has 10 rings (SSSR count). The van der Waals surface area contributed by atoms with Gasteiger partial charge >= 0.3 is 0 Å². The molecule has 5 heteroatoms. The summed E-state index contributed by atoms with van der Waals surface area (Å²) in [4.78, 5) is 15.6. The van der Waals surface area contributed by atoms with E-state index in [0.29, 0.717) is 17.5 Å². The third-order valence-electron chi connectivity index (χ3n) is 9.26. The summed E-state index contributed by atoms with van der Waals surface area (Å²) in [5, 5.41) is 7.40. The number of thiophene rings is 1. The van der Waals surface area contributed by atoms with Crippen LogP contribution in [0.15, 0.2) is 158 Å². The van der Waals surface area contributed by atoms with E-state index in [1.54, 1.807) is 11.3 Å². The fraction of sp³-hybridized carbons (Fsp3) is 0. The van der Waals surface area contributed by atoms with Crippen LogP contribution < -0.4 is 0 Å². The molecule has 0 saturated heterocycles. The number of fused-ring (bicyclic) bond motifs is 8. The first-order chi connectivity index (χ1) is 23.8. The van der Waals surface area contributed by atoms with Crippen LogP contribution in [0.5, 0.6) is 0 Å². The highest BCUT2D eigenvalue weighted by atomic mass is 32.1. The highest BCUT2D eigenvalue weighted by molar-refractivity contribution is 7.26. The molecule has 224 valence electrons. The molecule has 0 fully saturated rings. The lowest BCUT2D eigenvalue weighted by Gasteiger charge is -2.15. The van der Waals surface area contributed by atoms with Gasteiger partial charge in [-0.1, -0.05) is 121 Å². The number of hydrogen-bond acceptors (Lipinski definition) is 4. The van der Waals surface area contributed by atoms with E-state index >= 15 is 0 Å². The molecule has 3 aromatic heterocycles. The third-order valence-corrected chi connectivity index (χ3v) is 10.5. The highest BCUT2D eigenvalue weighted by Gasteiger charge is 2.21. The minimum absolute atomic E-state index is 0.638. The second kappa shape index (κ2) is 10.7. The van der Waals surface area contributed by atoms with Crippen LogP contribution in [0.4, 0.5) is 0 Å². The fourth-order valence-corrected chi connectivity index (χ4v) is 8.32. The Kier molecular flexibility index (Phi) is 6.01. The second-order valence-corrected chi connectivity index (χ2v) is 13.1. The van der Waals surface area contributed by atoms with Crippen LogP contribution in [-0.2, 0) is 0 Å². The van der Waals surface area contributed by atoms with Gasteiger partial charge in [-0.3, -0.25) is 0 Å². The van der Waals surface area contributed by atoms with E-state index in [-0.39, 0.29) is 0 Å². The SMILES string of the molecule is c1ccc(-c2nc(-c3ccccc3-n3c4ccccc4c4c5ccccc5ccc43)nc(-c3cccc4c3sc3ccccc34)n2)cc1. The Balaban J connectivity index is 1.26. The van der Waals surface area contributed by atoms with Crippen molar-refractivity contribution in [2.24, 2.45) is 0 Å². The largest absolute Gasteiger partial charge is 0.308 e. The Bertz CT molecular complexity index is 2850. The van der Waals surface area contributed by atoms with Gasteiger partial charge in [-0.2, -0.15) is 0 Å². The third kappa shape index (κ3) is 4.11. The van der Waals surface area contributed by atoms with Gasteiger partial charge in [-0.25, -0.2) is 15.0 Å². The summed E-state index contributed by atoms with van der Waals surface area (Å²) in [6.07, 6.45) is 0. The van der Waals surface area contributed by atoms with Gasteiger partial charge in [0.1, 0.15) is 0 Å². The highest BCUT2D eigenvalue weighted by Crippen LogP contribution is 2.41. The molecule has 7 aromatic carbocycles. The monoisotopic (exact) mass is 630 g/mol. The van der Waals surface area contributed by atoms with Crippen LogP contribution in [0.2, 0.25) is 0 Å². The molecule has 0 spiro atoms. The van der Waals surface area contributed by atoms with Crippen molar-refractivity contribution < 1.29 is 0 Å². The topological polar surface area (TPSA) is 43.6 Å². The maximum absolute atomic E-state index is 5.27. The van der Waals surface area contributed by atoms with Crippen LogP contribution >= 0.6 is 11.3 Å². The average molecular weight is 631 g/mol. The summed E-state index contributed by atoms with van der Waals surface area (Å²) >= 11 is 1.79. The van der Waals surface area contributed by atoms with Crippen LogP contribution in [-0.4, -0.2) is 19.5 Å². The molecule has 48 heavy (non-hydrogen) atoms. The Morgan fingerprint density at radius 1 is 0.417 bits per heavy atom. The number of benzene rings is 7. The van der Waals surface area contributed by atoms with Crippen molar-refractivity contribution >= 4 is 64.1 Å². The van der Waals surface area contributed by atoms with Gasteiger partial charge in [0.15, 0.2) is 17.5 Å². The Hall–Kier alpha value is -6.17. The Morgan fingerprint density at radius 2 is 1.06 bits per heavy atom. The summed E-state index contributed by atoms with van der Waals surface area (Å²) in [6, 6.07) is 55.4. The lowest BCUT2D eigenvalue weighted by molar-refractivity contribution is 1.07. The number of aromatic nitrogens is 4. The first kappa shape index (κ1) is 27.0. The molecule has 0 unspecified atom stereocenters. The zero-order chi connectivity index (χ0) is 31.6. The lowest BCUT2D eigenvalue weighted by atomic mass is 10.0. The van der Waals surface area contributed by atoms with Crippen molar-refractivity contribution in [1.82, 2.24) is 19.5 Å². The van der Waals surface area contributed by atoms with E-state index in [2.05, 4.69) is 144 Å². The van der Waals surface area contributed by atoms with E-state index in [1.807, 2.05) is 18.2 Å². The number of hydrogen-bond donors (Lipinski definition) is 0. The summed E-state index contributed by atoms with van der Waals surface area (Å²) in [7, 11) is 0. The number of para-hydroxylation sites is 2. The Morgan fingerprint density at radius 3 is 1.96 bits per heavy atom. The van der Waals surface area contributed by atoms with Crippen molar-refractivity contribution in [2.45, 2.75) is 0 Å². The smallest absolute Gasteiger partial charge is 0.166 e. The van der Waals surface area contributed by atoms with Crippen LogP contribution in [0.1, 0.15) is 0 Å². The van der Waals surface area contributed by atoms with Crippen molar-refractivity contribution in [2.75, 3.05) is 0 Å². The van der Waals surface area contributed by atoms with Gasteiger partial charge in [0.25, 0.3) is 0 Å². The quantitative estimate of drug-likeness (QED) is 0.194. The molecule has 4 nitrogen and oxygen atoms in total. The van der Waals surface area contributed by atoms with Crippen molar-refractivity contribution in [1.29, 1.82) is 0 Å². The molecule has 0 aliphatic carbocycles. The Labute approximate surface area is 280 Å². The molecule has 0 saturated carbocycles. The molecule has 0 aliphatic heterocycles. The van der Waals surface area contributed by atoms with Crippen LogP contribution in [0.25, 0.3) is 92.6 Å². The van der Waals surface area contributed by atoms with Crippen molar-refractivity contribution in [3.05, 3.63) is 158 Å². The standard InChI is InChI=1S/C43H26N4S/c1-2-14-28(15-3-1)41-44-42(46-43(45-41)34-21-12-20-31-30-17-8-11-24-38(30)48-40(31)34)33-19-7-10-23-36(33)47-35-22-9-6-18-32(35)39-29-16-5-4-13-27(29)25-26-37(39)47/h1-26H. The molecule has 0 amide bonds. The molecule has 0 N–H and O–H groups in total. The van der Waals surface area contributed by atoms with Gasteiger partial charge in [-0.05, 0) is 47.2 Å². The first-order valence-corrected chi connectivity index (χ1v) is 16.9. The summed E-state index contributed by atoms with van der Waals surface area (Å²) in [6.45, 7) is 0.